The van der Waals surface area contributed by atoms with E-state index in [9.17, 15) is 17.6 Å². The molecule has 1 atom stereocenters. The van der Waals surface area contributed by atoms with Gasteiger partial charge in [0.15, 0.2) is 0 Å². The smallest absolute Gasteiger partial charge is 0.340 e. The average Bonchev–Trinajstić information content (AvgIpc) is 2.67. The fraction of sp³-hybridized carbons (Fsp3) is 0.381. The van der Waals surface area contributed by atoms with Crippen molar-refractivity contribution < 1.29 is 22.3 Å². The van der Waals surface area contributed by atoms with Gasteiger partial charge < -0.3 is 4.74 Å². The van der Waals surface area contributed by atoms with Crippen LogP contribution in [-0.4, -0.2) is 45.0 Å². The first kappa shape index (κ1) is 21.3. The van der Waals surface area contributed by atoms with Gasteiger partial charge >= 0.3 is 5.97 Å². The number of ether oxygens (including phenoxy) is 1. The number of carbonyl (C=O) groups excluding carboxylic acids is 1. The topological polar surface area (TPSA) is 75.7 Å². The fourth-order valence-corrected chi connectivity index (χ4v) is 4.78. The third-order valence-corrected chi connectivity index (χ3v) is 6.53. The van der Waals surface area contributed by atoms with Crippen molar-refractivity contribution >= 4 is 21.7 Å². The van der Waals surface area contributed by atoms with Gasteiger partial charge in [0.2, 0.25) is 0 Å². The number of aryl methyl sites for hydroxylation is 1. The number of hydrogen-bond acceptors (Lipinski definition) is 5. The first-order chi connectivity index (χ1) is 13.8. The molecule has 1 fully saturated rings. The number of likely N-dealkylation sites (N-methyl/N-ethyl adjacent to an activating group) is 1. The van der Waals surface area contributed by atoms with Crippen LogP contribution in [0.15, 0.2) is 47.4 Å². The number of piperidine rings is 1. The minimum atomic E-state index is -4.00. The Labute approximate surface area is 170 Å². The first-order valence-electron chi connectivity index (χ1n) is 9.61. The summed E-state index contributed by atoms with van der Waals surface area (Å²) in [6, 6.07) is 9.75. The predicted molar refractivity (Wildman–Crippen MR) is 109 cm³/mol. The normalized spacial score (nSPS) is 17.7. The van der Waals surface area contributed by atoms with Gasteiger partial charge in [0.05, 0.1) is 16.1 Å². The number of sulfonamides is 1. The molecule has 8 heteroatoms. The summed E-state index contributed by atoms with van der Waals surface area (Å²) in [6.07, 6.45) is 1.51. The van der Waals surface area contributed by atoms with Gasteiger partial charge in [0.25, 0.3) is 10.0 Å². The summed E-state index contributed by atoms with van der Waals surface area (Å²) in [7, 11) is -4.00. The Kier molecular flexibility index (Phi) is 6.54. The van der Waals surface area contributed by atoms with Gasteiger partial charge in [0, 0.05) is 6.54 Å². The van der Waals surface area contributed by atoms with E-state index in [-0.39, 0.29) is 27.8 Å². The van der Waals surface area contributed by atoms with E-state index in [2.05, 4.69) is 16.5 Å². The molecule has 1 aliphatic rings. The number of anilines is 1. The molecule has 1 heterocycles. The highest BCUT2D eigenvalue weighted by Gasteiger charge is 2.25. The number of halogens is 1. The zero-order chi connectivity index (χ0) is 21.0. The van der Waals surface area contributed by atoms with Gasteiger partial charge in [-0.3, -0.25) is 9.62 Å². The molecular formula is C21H25FN2O4S. The molecule has 0 aliphatic carbocycles. The van der Waals surface area contributed by atoms with E-state index in [1.165, 1.54) is 25.1 Å². The summed E-state index contributed by atoms with van der Waals surface area (Å²) >= 11 is 0. The van der Waals surface area contributed by atoms with Crippen molar-refractivity contribution in [1.29, 1.82) is 0 Å². The number of nitrogens with one attached hydrogen (secondary N) is 1. The molecule has 2 aromatic carbocycles. The molecule has 0 bridgehead atoms. The van der Waals surface area contributed by atoms with Crippen molar-refractivity contribution in [2.45, 2.75) is 37.7 Å². The molecule has 0 radical (unpaired) electrons. The number of para-hydroxylation sites is 1. The van der Waals surface area contributed by atoms with Crippen LogP contribution in [0, 0.1) is 12.7 Å². The highest BCUT2D eigenvalue weighted by molar-refractivity contribution is 7.92. The average molecular weight is 421 g/mol. The number of rotatable bonds is 6. The van der Waals surface area contributed by atoms with Crippen LogP contribution in [0.25, 0.3) is 0 Å². The Balaban J connectivity index is 1.80. The van der Waals surface area contributed by atoms with Crippen LogP contribution < -0.4 is 4.72 Å². The maximum atomic E-state index is 13.3. The molecule has 2 aromatic rings. The van der Waals surface area contributed by atoms with Crippen molar-refractivity contribution in [3.63, 3.8) is 0 Å². The maximum Gasteiger partial charge on any atom is 0.340 e. The Morgan fingerprint density at radius 1 is 1.28 bits per heavy atom. The number of benzene rings is 2. The lowest BCUT2D eigenvalue weighted by Crippen LogP contribution is -2.40. The van der Waals surface area contributed by atoms with Crippen LogP contribution in [0.1, 0.15) is 35.7 Å². The Bertz CT molecular complexity index is 994. The molecular weight excluding hydrogens is 395 g/mol. The Morgan fingerprint density at radius 3 is 2.76 bits per heavy atom. The first-order valence-corrected chi connectivity index (χ1v) is 11.1. The van der Waals surface area contributed by atoms with E-state index < -0.39 is 21.8 Å². The zero-order valence-electron chi connectivity index (χ0n) is 16.5. The molecule has 1 aliphatic heterocycles. The van der Waals surface area contributed by atoms with Gasteiger partial charge in [-0.1, -0.05) is 19.1 Å². The molecule has 1 N–H and O–H groups in total. The summed E-state index contributed by atoms with van der Waals surface area (Å²) in [5.74, 6) is -1.08. The van der Waals surface area contributed by atoms with Crippen molar-refractivity contribution in [2.24, 2.45) is 0 Å². The molecule has 156 valence electrons. The Morgan fingerprint density at radius 2 is 2.03 bits per heavy atom. The third-order valence-electron chi connectivity index (χ3n) is 5.00. The Hall–Kier alpha value is -2.45. The lowest BCUT2D eigenvalue weighted by Gasteiger charge is -2.31. The van der Waals surface area contributed by atoms with Gasteiger partial charge in [-0.2, -0.15) is 0 Å². The van der Waals surface area contributed by atoms with E-state index in [4.69, 9.17) is 4.74 Å². The van der Waals surface area contributed by atoms with E-state index in [0.29, 0.717) is 6.54 Å². The second-order valence-corrected chi connectivity index (χ2v) is 8.77. The van der Waals surface area contributed by atoms with Crippen molar-refractivity contribution in [3.8, 4) is 0 Å². The highest BCUT2D eigenvalue weighted by atomic mass is 32.2. The van der Waals surface area contributed by atoms with Crippen molar-refractivity contribution in [2.75, 3.05) is 24.4 Å². The van der Waals surface area contributed by atoms with E-state index >= 15 is 0 Å². The number of esters is 1. The van der Waals surface area contributed by atoms with Crippen LogP contribution >= 0.6 is 0 Å². The van der Waals surface area contributed by atoms with E-state index in [1.54, 1.807) is 12.1 Å². The van der Waals surface area contributed by atoms with Gasteiger partial charge in [0.1, 0.15) is 11.9 Å². The molecule has 0 saturated carbocycles. The maximum absolute atomic E-state index is 13.3. The number of hydrogen-bond donors (Lipinski definition) is 1. The lowest BCUT2D eigenvalue weighted by atomic mass is 10.1. The monoisotopic (exact) mass is 420 g/mol. The minimum Gasteiger partial charge on any atom is -0.457 e. The van der Waals surface area contributed by atoms with Gasteiger partial charge in [-0.05, 0) is 68.8 Å². The number of likely N-dealkylation sites (tertiary alicyclic amines) is 1. The third kappa shape index (κ3) is 5.13. The standard InChI is InChI=1S/C21H25FN2O4S/c1-3-24-12-6-7-17(14-24)28-21(25)18-8-4-5-9-19(18)23-29(26,27)20-11-10-16(22)13-15(20)2/h4-5,8-11,13,17,23H,3,6-7,12,14H2,1-2H3/t17-/m0/s1. The molecule has 6 nitrogen and oxygen atoms in total. The minimum absolute atomic E-state index is 0.0482. The summed E-state index contributed by atoms with van der Waals surface area (Å²) in [4.78, 5) is 14.9. The second kappa shape index (κ2) is 8.92. The fourth-order valence-electron chi connectivity index (χ4n) is 3.48. The summed E-state index contributed by atoms with van der Waals surface area (Å²) < 4.78 is 47.0. The van der Waals surface area contributed by atoms with Gasteiger partial charge in [-0.15, -0.1) is 0 Å². The largest absolute Gasteiger partial charge is 0.457 e. The molecule has 1 saturated heterocycles. The molecule has 0 aromatic heterocycles. The molecule has 3 rings (SSSR count). The SMILES string of the molecule is CCN1CCC[C@H](OC(=O)c2ccccc2NS(=O)(=O)c2ccc(F)cc2C)C1. The predicted octanol–water partition coefficient (Wildman–Crippen LogP) is 3.58. The zero-order valence-corrected chi connectivity index (χ0v) is 17.3. The quantitative estimate of drug-likeness (QED) is 0.723. The number of carbonyl (C=O) groups is 1. The van der Waals surface area contributed by atoms with Crippen LogP contribution in [0.3, 0.4) is 0 Å². The summed E-state index contributed by atoms with van der Waals surface area (Å²) in [6.45, 7) is 6.12. The second-order valence-electron chi connectivity index (χ2n) is 7.12. The molecule has 0 unspecified atom stereocenters. The van der Waals surface area contributed by atoms with Crippen LogP contribution in [0.5, 0.6) is 0 Å². The summed E-state index contributed by atoms with van der Waals surface area (Å²) in [5, 5.41) is 0. The van der Waals surface area contributed by atoms with Crippen LogP contribution in [-0.2, 0) is 14.8 Å². The molecule has 29 heavy (non-hydrogen) atoms. The van der Waals surface area contributed by atoms with E-state index in [1.807, 2.05) is 0 Å². The summed E-state index contributed by atoms with van der Waals surface area (Å²) in [5.41, 5.74) is 0.549. The molecule has 0 spiro atoms. The number of nitrogens with zero attached hydrogens (tertiary/aromatic N) is 1. The highest BCUT2D eigenvalue weighted by Crippen LogP contribution is 2.24. The van der Waals surface area contributed by atoms with Crippen molar-refractivity contribution in [3.05, 3.63) is 59.4 Å². The van der Waals surface area contributed by atoms with Gasteiger partial charge in [-0.25, -0.2) is 17.6 Å². The molecule has 0 amide bonds. The van der Waals surface area contributed by atoms with Crippen LogP contribution in [0.4, 0.5) is 10.1 Å². The van der Waals surface area contributed by atoms with Crippen molar-refractivity contribution in [1.82, 2.24) is 4.90 Å². The van der Waals surface area contributed by atoms with Crippen LogP contribution in [0.2, 0.25) is 0 Å². The lowest BCUT2D eigenvalue weighted by molar-refractivity contribution is 0.00785. The van der Waals surface area contributed by atoms with E-state index in [0.717, 1.165) is 38.1 Å².